The van der Waals surface area contributed by atoms with Crippen molar-refractivity contribution in [3.05, 3.63) is 11.6 Å². The summed E-state index contributed by atoms with van der Waals surface area (Å²) in [6, 6.07) is 0.313. The van der Waals surface area contributed by atoms with Crippen LogP contribution in [0.3, 0.4) is 0 Å². The number of nitrogens with one attached hydrogen (secondary N) is 2. The minimum atomic E-state index is 0.230. The van der Waals surface area contributed by atoms with Crippen LogP contribution in [0.25, 0.3) is 0 Å². The molecule has 0 saturated carbocycles. The number of aryl methyl sites for hydroxylation is 2. The van der Waals surface area contributed by atoms with Crippen LogP contribution in [-0.4, -0.2) is 51.6 Å². The van der Waals surface area contributed by atoms with Crippen molar-refractivity contribution >= 4 is 5.96 Å². The van der Waals surface area contributed by atoms with Gasteiger partial charge in [-0.2, -0.15) is 5.10 Å². The van der Waals surface area contributed by atoms with Crippen molar-refractivity contribution in [1.82, 2.24) is 25.4 Å². The van der Waals surface area contributed by atoms with Crippen LogP contribution in [0.5, 0.6) is 0 Å². The van der Waals surface area contributed by atoms with Crippen molar-refractivity contribution in [2.45, 2.75) is 66.0 Å². The van der Waals surface area contributed by atoms with E-state index in [1.807, 2.05) is 11.6 Å². The van der Waals surface area contributed by atoms with Crippen molar-refractivity contribution in [3.8, 4) is 0 Å². The molecule has 7 heteroatoms. The number of hydrogen-bond acceptors (Lipinski definition) is 4. The Bertz CT molecular complexity index is 554. The standard InChI is InChI=1S/C18H34N6O/c1-5-19-18(20-11-15(8-9-25)10-13(2)3)22-16-6-7-17-21-14(4)23-24(17)12-16/h13,15-16,25H,5-12H2,1-4H3,(H2,19,20,22). The molecule has 3 N–H and O–H groups in total. The first-order chi connectivity index (χ1) is 12.0. The van der Waals surface area contributed by atoms with Crippen molar-refractivity contribution in [1.29, 1.82) is 0 Å². The van der Waals surface area contributed by atoms with Crippen molar-refractivity contribution in [2.75, 3.05) is 19.7 Å². The number of aliphatic imine (C=N–C) groups is 1. The van der Waals surface area contributed by atoms with E-state index in [1.165, 1.54) is 0 Å². The predicted octanol–water partition coefficient (Wildman–Crippen LogP) is 1.50. The topological polar surface area (TPSA) is 87.4 Å². The summed E-state index contributed by atoms with van der Waals surface area (Å²) in [5.74, 6) is 3.83. The quantitative estimate of drug-likeness (QED) is 0.488. The summed E-state index contributed by atoms with van der Waals surface area (Å²) in [5.41, 5.74) is 0. The maximum absolute atomic E-state index is 9.28. The molecule has 0 bridgehead atoms. The molecular formula is C18H34N6O. The third-order valence-corrected chi connectivity index (χ3v) is 4.50. The van der Waals surface area contributed by atoms with Gasteiger partial charge in [-0.1, -0.05) is 13.8 Å². The predicted molar refractivity (Wildman–Crippen MR) is 101 cm³/mol. The molecule has 7 nitrogen and oxygen atoms in total. The Morgan fingerprint density at radius 2 is 2.24 bits per heavy atom. The van der Waals surface area contributed by atoms with Crippen molar-refractivity contribution < 1.29 is 5.11 Å². The summed E-state index contributed by atoms with van der Waals surface area (Å²) in [6.45, 7) is 11.1. The molecule has 0 aliphatic carbocycles. The first kappa shape index (κ1) is 19.7. The van der Waals surface area contributed by atoms with Gasteiger partial charge in [-0.25, -0.2) is 9.67 Å². The van der Waals surface area contributed by atoms with Gasteiger partial charge in [0.2, 0.25) is 0 Å². The zero-order valence-electron chi connectivity index (χ0n) is 16.1. The Morgan fingerprint density at radius 3 is 2.92 bits per heavy atom. The second kappa shape index (κ2) is 9.75. The summed E-state index contributed by atoms with van der Waals surface area (Å²) in [7, 11) is 0. The molecule has 25 heavy (non-hydrogen) atoms. The number of guanidine groups is 1. The highest BCUT2D eigenvalue weighted by Crippen LogP contribution is 2.16. The molecule has 1 aromatic rings. The van der Waals surface area contributed by atoms with Crippen LogP contribution in [0, 0.1) is 18.8 Å². The SMILES string of the molecule is CCNC(=NCC(CCO)CC(C)C)NC1CCc2nc(C)nn2C1. The van der Waals surface area contributed by atoms with E-state index in [2.05, 4.69) is 41.5 Å². The van der Waals surface area contributed by atoms with Gasteiger partial charge in [0.25, 0.3) is 0 Å². The number of hydrogen-bond donors (Lipinski definition) is 3. The highest BCUT2D eigenvalue weighted by atomic mass is 16.3. The van der Waals surface area contributed by atoms with Gasteiger partial charge in [-0.15, -0.1) is 0 Å². The van der Waals surface area contributed by atoms with Gasteiger partial charge in [0, 0.05) is 32.2 Å². The lowest BCUT2D eigenvalue weighted by atomic mass is 9.94. The van der Waals surface area contributed by atoms with Gasteiger partial charge in [-0.05, 0) is 44.9 Å². The third-order valence-electron chi connectivity index (χ3n) is 4.50. The maximum atomic E-state index is 9.28. The minimum absolute atomic E-state index is 0.230. The molecule has 1 aromatic heterocycles. The Kier molecular flexibility index (Phi) is 7.68. The van der Waals surface area contributed by atoms with E-state index >= 15 is 0 Å². The number of nitrogens with zero attached hydrogens (tertiary/aromatic N) is 4. The average molecular weight is 351 g/mol. The maximum Gasteiger partial charge on any atom is 0.191 e. The molecule has 2 rings (SSSR count). The first-order valence-electron chi connectivity index (χ1n) is 9.57. The molecule has 2 unspecified atom stereocenters. The first-order valence-corrected chi connectivity index (χ1v) is 9.57. The number of aliphatic hydroxyl groups is 1. The van der Waals surface area contributed by atoms with E-state index in [1.54, 1.807) is 0 Å². The lowest BCUT2D eigenvalue weighted by molar-refractivity contribution is 0.245. The fourth-order valence-corrected chi connectivity index (χ4v) is 3.42. The zero-order chi connectivity index (χ0) is 18.2. The number of aliphatic hydroxyl groups excluding tert-OH is 1. The van der Waals surface area contributed by atoms with Gasteiger partial charge >= 0.3 is 0 Å². The molecule has 0 spiro atoms. The highest BCUT2D eigenvalue weighted by molar-refractivity contribution is 5.80. The molecular weight excluding hydrogens is 316 g/mol. The van der Waals surface area contributed by atoms with Crippen LogP contribution in [0.4, 0.5) is 0 Å². The summed E-state index contributed by atoms with van der Waals surface area (Å²) in [5, 5.41) is 20.6. The van der Waals surface area contributed by atoms with Gasteiger partial charge < -0.3 is 15.7 Å². The number of aromatic nitrogens is 3. The Labute approximate surface area is 151 Å². The summed E-state index contributed by atoms with van der Waals surface area (Å²) < 4.78 is 2.01. The number of fused-ring (bicyclic) bond motifs is 1. The lowest BCUT2D eigenvalue weighted by Gasteiger charge is -2.26. The second-order valence-electron chi connectivity index (χ2n) is 7.36. The normalized spacial score (nSPS) is 19.0. The van der Waals surface area contributed by atoms with Crippen molar-refractivity contribution in [3.63, 3.8) is 0 Å². The van der Waals surface area contributed by atoms with Crippen LogP contribution in [0.15, 0.2) is 4.99 Å². The van der Waals surface area contributed by atoms with E-state index in [4.69, 9.17) is 4.99 Å². The summed E-state index contributed by atoms with van der Waals surface area (Å²) in [4.78, 5) is 9.24. The minimum Gasteiger partial charge on any atom is -0.396 e. The summed E-state index contributed by atoms with van der Waals surface area (Å²) >= 11 is 0. The number of rotatable bonds is 8. The van der Waals surface area contributed by atoms with Gasteiger partial charge in [0.15, 0.2) is 5.96 Å². The highest BCUT2D eigenvalue weighted by Gasteiger charge is 2.21. The molecule has 0 saturated heterocycles. The molecule has 1 aliphatic rings. The molecule has 142 valence electrons. The molecule has 0 fully saturated rings. The van der Waals surface area contributed by atoms with Crippen LogP contribution < -0.4 is 10.6 Å². The van der Waals surface area contributed by atoms with Crippen LogP contribution >= 0.6 is 0 Å². The monoisotopic (exact) mass is 350 g/mol. The molecule has 2 heterocycles. The lowest BCUT2D eigenvalue weighted by Crippen LogP contribution is -2.47. The Morgan fingerprint density at radius 1 is 1.44 bits per heavy atom. The molecule has 0 aromatic carbocycles. The Balaban J connectivity index is 1.95. The second-order valence-corrected chi connectivity index (χ2v) is 7.36. The third kappa shape index (κ3) is 6.30. The zero-order valence-corrected chi connectivity index (χ0v) is 16.1. The van der Waals surface area contributed by atoms with Crippen LogP contribution in [-0.2, 0) is 13.0 Å². The van der Waals surface area contributed by atoms with Crippen molar-refractivity contribution in [2.24, 2.45) is 16.8 Å². The fraction of sp³-hybridized carbons (Fsp3) is 0.833. The van der Waals surface area contributed by atoms with E-state index < -0.39 is 0 Å². The molecule has 1 aliphatic heterocycles. The fourth-order valence-electron chi connectivity index (χ4n) is 3.42. The molecule has 2 atom stereocenters. The molecule has 0 radical (unpaired) electrons. The van der Waals surface area contributed by atoms with E-state index in [-0.39, 0.29) is 6.61 Å². The smallest absolute Gasteiger partial charge is 0.191 e. The van der Waals surface area contributed by atoms with Gasteiger partial charge in [-0.3, -0.25) is 4.99 Å². The Hall–Kier alpha value is -1.63. The van der Waals surface area contributed by atoms with Crippen LogP contribution in [0.2, 0.25) is 0 Å². The van der Waals surface area contributed by atoms with Crippen LogP contribution in [0.1, 0.15) is 51.7 Å². The van der Waals surface area contributed by atoms with E-state index in [0.29, 0.717) is 17.9 Å². The summed E-state index contributed by atoms with van der Waals surface area (Å²) in [6.07, 6.45) is 3.88. The van der Waals surface area contributed by atoms with E-state index in [9.17, 15) is 5.11 Å². The average Bonchev–Trinajstić information content (AvgIpc) is 2.91. The largest absolute Gasteiger partial charge is 0.396 e. The van der Waals surface area contributed by atoms with Gasteiger partial charge in [0.1, 0.15) is 11.6 Å². The van der Waals surface area contributed by atoms with E-state index in [0.717, 1.165) is 62.9 Å². The molecule has 0 amide bonds. The van der Waals surface area contributed by atoms with Gasteiger partial charge in [0.05, 0.1) is 6.54 Å².